The molecular formula is C8H13NO2. The van der Waals surface area contributed by atoms with Crippen molar-refractivity contribution in [1.29, 1.82) is 5.26 Å². The Balaban J connectivity index is 2.53. The fourth-order valence-electron chi connectivity index (χ4n) is 1.44. The molecule has 62 valence electrons. The summed E-state index contributed by atoms with van der Waals surface area (Å²) in [7, 11) is 0. The van der Waals surface area contributed by atoms with E-state index in [1.54, 1.807) is 0 Å². The van der Waals surface area contributed by atoms with Gasteiger partial charge in [-0.15, -0.1) is 0 Å². The third-order valence-electron chi connectivity index (χ3n) is 2.23. The average molecular weight is 155 g/mol. The van der Waals surface area contributed by atoms with Crippen molar-refractivity contribution < 1.29 is 9.84 Å². The zero-order valence-electron chi connectivity index (χ0n) is 6.71. The third-order valence-corrected chi connectivity index (χ3v) is 2.23. The van der Waals surface area contributed by atoms with E-state index in [1.807, 2.05) is 13.0 Å². The van der Waals surface area contributed by atoms with Crippen LogP contribution < -0.4 is 0 Å². The number of ether oxygens (including phenoxy) is 1. The first kappa shape index (κ1) is 8.51. The van der Waals surface area contributed by atoms with Crippen molar-refractivity contribution >= 4 is 0 Å². The Bertz CT molecular complexity index is 169. The van der Waals surface area contributed by atoms with Crippen LogP contribution in [0.5, 0.6) is 0 Å². The van der Waals surface area contributed by atoms with Gasteiger partial charge in [-0.3, -0.25) is 0 Å². The second-order valence-electron chi connectivity index (χ2n) is 3.14. The van der Waals surface area contributed by atoms with Gasteiger partial charge in [-0.1, -0.05) is 13.3 Å². The van der Waals surface area contributed by atoms with Gasteiger partial charge in [0.15, 0.2) is 6.10 Å². The van der Waals surface area contributed by atoms with Crippen LogP contribution in [0.15, 0.2) is 0 Å². The molecule has 1 saturated heterocycles. The van der Waals surface area contributed by atoms with Crippen molar-refractivity contribution in [2.24, 2.45) is 5.41 Å². The maximum Gasteiger partial charge on any atom is 0.150 e. The summed E-state index contributed by atoms with van der Waals surface area (Å²) in [5.74, 6) is 0. The molecule has 1 fully saturated rings. The molecule has 0 radical (unpaired) electrons. The molecule has 3 heteroatoms. The number of hydrogen-bond donors (Lipinski definition) is 1. The highest BCUT2D eigenvalue weighted by Gasteiger charge is 2.44. The van der Waals surface area contributed by atoms with Crippen LogP contribution in [-0.2, 0) is 4.74 Å². The summed E-state index contributed by atoms with van der Waals surface area (Å²) in [6, 6.07) is 1.87. The van der Waals surface area contributed by atoms with Crippen molar-refractivity contribution in [3.63, 3.8) is 0 Å². The molecule has 1 atom stereocenters. The number of nitriles is 1. The lowest BCUT2D eigenvalue weighted by molar-refractivity contribution is -0.160. The molecule has 1 N–H and O–H groups in total. The largest absolute Gasteiger partial charge is 0.380 e. The minimum atomic E-state index is -0.851. The first-order chi connectivity index (χ1) is 5.25. The highest BCUT2D eigenvalue weighted by atomic mass is 16.5. The molecule has 1 unspecified atom stereocenters. The van der Waals surface area contributed by atoms with E-state index in [4.69, 9.17) is 10.00 Å². The monoisotopic (exact) mass is 155 g/mol. The lowest BCUT2D eigenvalue weighted by Crippen LogP contribution is -2.50. The molecule has 0 saturated carbocycles. The zero-order valence-corrected chi connectivity index (χ0v) is 6.71. The van der Waals surface area contributed by atoms with E-state index < -0.39 is 6.10 Å². The molecule has 1 heterocycles. The van der Waals surface area contributed by atoms with Gasteiger partial charge in [0.25, 0.3) is 0 Å². The van der Waals surface area contributed by atoms with Crippen LogP contribution in [0.2, 0.25) is 0 Å². The van der Waals surface area contributed by atoms with Gasteiger partial charge in [-0.2, -0.15) is 5.26 Å². The van der Waals surface area contributed by atoms with Gasteiger partial charge in [0, 0.05) is 0 Å². The smallest absolute Gasteiger partial charge is 0.150 e. The summed E-state index contributed by atoms with van der Waals surface area (Å²) in [5, 5.41) is 17.8. The van der Waals surface area contributed by atoms with Gasteiger partial charge in [-0.05, 0) is 6.42 Å². The van der Waals surface area contributed by atoms with E-state index in [1.165, 1.54) is 0 Å². The quantitative estimate of drug-likeness (QED) is 0.610. The molecule has 1 aliphatic heterocycles. The number of aliphatic hydroxyl groups is 1. The lowest BCUT2D eigenvalue weighted by atomic mass is 9.77. The maximum absolute atomic E-state index is 9.32. The average Bonchev–Trinajstić information content (AvgIpc) is 1.95. The first-order valence-electron chi connectivity index (χ1n) is 3.90. The van der Waals surface area contributed by atoms with Gasteiger partial charge < -0.3 is 9.84 Å². The van der Waals surface area contributed by atoms with Crippen molar-refractivity contribution in [2.45, 2.75) is 25.9 Å². The van der Waals surface area contributed by atoms with Crippen LogP contribution in [0.25, 0.3) is 0 Å². The van der Waals surface area contributed by atoms with Gasteiger partial charge in [0.1, 0.15) is 0 Å². The van der Waals surface area contributed by atoms with E-state index in [2.05, 4.69) is 0 Å². The summed E-state index contributed by atoms with van der Waals surface area (Å²) in [6.07, 6.45) is 1.01. The molecule has 11 heavy (non-hydrogen) atoms. The Morgan fingerprint density at radius 1 is 1.73 bits per heavy atom. The Labute approximate surface area is 66.6 Å². The van der Waals surface area contributed by atoms with Crippen LogP contribution in [0.3, 0.4) is 0 Å². The summed E-state index contributed by atoms with van der Waals surface area (Å²) in [4.78, 5) is 0. The van der Waals surface area contributed by atoms with Crippen molar-refractivity contribution in [2.75, 3.05) is 13.2 Å². The zero-order chi connectivity index (χ0) is 8.32. The van der Waals surface area contributed by atoms with E-state index in [0.717, 1.165) is 12.8 Å². The topological polar surface area (TPSA) is 53.2 Å². The summed E-state index contributed by atoms with van der Waals surface area (Å²) < 4.78 is 5.00. The summed E-state index contributed by atoms with van der Waals surface area (Å²) in [5.41, 5.74) is -0.247. The Morgan fingerprint density at radius 2 is 2.36 bits per heavy atom. The lowest BCUT2D eigenvalue weighted by Gasteiger charge is -2.42. The van der Waals surface area contributed by atoms with Gasteiger partial charge in [-0.25, -0.2) is 0 Å². The highest BCUT2D eigenvalue weighted by Crippen LogP contribution is 2.36. The summed E-state index contributed by atoms with van der Waals surface area (Å²) in [6.45, 7) is 3.12. The fraction of sp³-hybridized carbons (Fsp3) is 0.875. The van der Waals surface area contributed by atoms with E-state index in [9.17, 15) is 5.11 Å². The molecule has 0 amide bonds. The predicted octanol–water partition coefficient (Wildman–Crippen LogP) is 0.688. The number of rotatable bonds is 3. The van der Waals surface area contributed by atoms with Crippen molar-refractivity contribution in [3.8, 4) is 6.07 Å². The molecule has 0 spiro atoms. The normalized spacial score (nSPS) is 23.4. The van der Waals surface area contributed by atoms with Crippen LogP contribution in [0.1, 0.15) is 19.8 Å². The van der Waals surface area contributed by atoms with Gasteiger partial charge >= 0.3 is 0 Å². The molecular weight excluding hydrogens is 142 g/mol. The number of nitrogens with zero attached hydrogens (tertiary/aromatic N) is 1. The van der Waals surface area contributed by atoms with E-state index in [0.29, 0.717) is 13.2 Å². The number of aliphatic hydroxyl groups excluding tert-OH is 1. The van der Waals surface area contributed by atoms with Gasteiger partial charge in [0.2, 0.25) is 0 Å². The molecule has 1 aliphatic rings. The SMILES string of the molecule is CCCC1(C(O)C#N)COC1. The number of hydrogen-bond acceptors (Lipinski definition) is 3. The Hall–Kier alpha value is -0.590. The standard InChI is InChI=1S/C8H13NO2/c1-2-3-8(5-11-6-8)7(10)4-9/h7,10H,2-3,5-6H2,1H3. The summed E-state index contributed by atoms with van der Waals surface area (Å²) >= 11 is 0. The van der Waals surface area contributed by atoms with Crippen LogP contribution in [-0.4, -0.2) is 24.4 Å². The molecule has 0 aromatic heterocycles. The molecule has 0 aromatic rings. The first-order valence-corrected chi connectivity index (χ1v) is 3.90. The minimum Gasteiger partial charge on any atom is -0.380 e. The predicted molar refractivity (Wildman–Crippen MR) is 39.8 cm³/mol. The van der Waals surface area contributed by atoms with Gasteiger partial charge in [0.05, 0.1) is 24.7 Å². The Kier molecular flexibility index (Phi) is 2.48. The second kappa shape index (κ2) is 3.21. The van der Waals surface area contributed by atoms with Crippen molar-refractivity contribution in [3.05, 3.63) is 0 Å². The van der Waals surface area contributed by atoms with Crippen molar-refractivity contribution in [1.82, 2.24) is 0 Å². The van der Waals surface area contributed by atoms with E-state index in [-0.39, 0.29) is 5.41 Å². The van der Waals surface area contributed by atoms with Crippen LogP contribution in [0, 0.1) is 16.7 Å². The second-order valence-corrected chi connectivity index (χ2v) is 3.14. The molecule has 0 bridgehead atoms. The highest BCUT2D eigenvalue weighted by molar-refractivity contribution is 5.02. The van der Waals surface area contributed by atoms with Crippen LogP contribution in [0.4, 0.5) is 0 Å². The van der Waals surface area contributed by atoms with Crippen LogP contribution >= 0.6 is 0 Å². The fourth-order valence-corrected chi connectivity index (χ4v) is 1.44. The Morgan fingerprint density at radius 3 is 2.64 bits per heavy atom. The maximum atomic E-state index is 9.32. The molecule has 1 rings (SSSR count). The molecule has 0 aromatic carbocycles. The minimum absolute atomic E-state index is 0.247. The van der Waals surface area contributed by atoms with E-state index >= 15 is 0 Å². The molecule has 0 aliphatic carbocycles. The third kappa shape index (κ3) is 1.37. The molecule has 3 nitrogen and oxygen atoms in total.